The minimum atomic E-state index is 0.339. The Balaban J connectivity index is 2.58. The zero-order valence-corrected chi connectivity index (χ0v) is 14.8. The van der Waals surface area contributed by atoms with Crippen molar-refractivity contribution in [2.45, 2.75) is 52.5 Å². The van der Waals surface area contributed by atoms with Crippen LogP contribution in [0.15, 0.2) is 22.7 Å². The monoisotopic (exact) mass is 341 g/mol. The standard InChI is InChI=1S/C17H28BrNO/c1-5-7-8-14(6-2)12-20-15-9-10-16(13(3)19-4)17(18)11-15/h9-11,13-14,19H,5-8,12H2,1-4H3. The van der Waals surface area contributed by atoms with Gasteiger partial charge in [-0.05, 0) is 44.0 Å². The Labute approximate surface area is 132 Å². The smallest absolute Gasteiger partial charge is 0.120 e. The highest BCUT2D eigenvalue weighted by atomic mass is 79.9. The SMILES string of the molecule is CCCCC(CC)COc1ccc(C(C)NC)c(Br)c1. The summed E-state index contributed by atoms with van der Waals surface area (Å²) in [5.41, 5.74) is 1.26. The van der Waals surface area contributed by atoms with Crippen molar-refractivity contribution in [2.75, 3.05) is 13.7 Å². The Morgan fingerprint density at radius 1 is 1.30 bits per heavy atom. The molecule has 0 heterocycles. The predicted octanol–water partition coefficient (Wildman–Crippen LogP) is 5.32. The molecular weight excluding hydrogens is 314 g/mol. The average Bonchev–Trinajstić information content (AvgIpc) is 2.47. The maximum Gasteiger partial charge on any atom is 0.120 e. The molecule has 2 unspecified atom stereocenters. The van der Waals surface area contributed by atoms with Gasteiger partial charge in [-0.1, -0.05) is 55.1 Å². The third-order valence-electron chi connectivity index (χ3n) is 3.90. The maximum absolute atomic E-state index is 5.95. The number of hydrogen-bond acceptors (Lipinski definition) is 2. The van der Waals surface area contributed by atoms with Gasteiger partial charge >= 0.3 is 0 Å². The molecule has 3 heteroatoms. The molecule has 2 atom stereocenters. The van der Waals surface area contributed by atoms with Crippen molar-refractivity contribution in [3.8, 4) is 5.75 Å². The van der Waals surface area contributed by atoms with Crippen molar-refractivity contribution in [2.24, 2.45) is 5.92 Å². The van der Waals surface area contributed by atoms with E-state index in [1.165, 1.54) is 31.2 Å². The van der Waals surface area contributed by atoms with Gasteiger partial charge in [-0.25, -0.2) is 0 Å². The van der Waals surface area contributed by atoms with Crippen LogP contribution in [0.3, 0.4) is 0 Å². The molecule has 1 aromatic carbocycles. The fourth-order valence-corrected chi connectivity index (χ4v) is 2.92. The molecule has 20 heavy (non-hydrogen) atoms. The lowest BCUT2D eigenvalue weighted by molar-refractivity contribution is 0.233. The number of hydrogen-bond donors (Lipinski definition) is 1. The van der Waals surface area contributed by atoms with E-state index in [0.717, 1.165) is 16.8 Å². The Kier molecular flexibility index (Phi) is 8.24. The van der Waals surface area contributed by atoms with Gasteiger partial charge in [-0.2, -0.15) is 0 Å². The van der Waals surface area contributed by atoms with Crippen LogP contribution in [0.5, 0.6) is 5.75 Å². The number of halogens is 1. The van der Waals surface area contributed by atoms with Crippen LogP contribution in [0.1, 0.15) is 58.1 Å². The average molecular weight is 342 g/mol. The number of ether oxygens (including phenoxy) is 1. The van der Waals surface area contributed by atoms with Crippen LogP contribution >= 0.6 is 15.9 Å². The molecule has 0 bridgehead atoms. The molecule has 0 saturated carbocycles. The van der Waals surface area contributed by atoms with Crippen LogP contribution in [0, 0.1) is 5.92 Å². The van der Waals surface area contributed by atoms with Gasteiger partial charge in [0, 0.05) is 10.5 Å². The fraction of sp³-hybridized carbons (Fsp3) is 0.647. The lowest BCUT2D eigenvalue weighted by atomic mass is 10.0. The van der Waals surface area contributed by atoms with Gasteiger partial charge in [-0.15, -0.1) is 0 Å². The van der Waals surface area contributed by atoms with Gasteiger partial charge in [0.1, 0.15) is 5.75 Å². The topological polar surface area (TPSA) is 21.3 Å². The lowest BCUT2D eigenvalue weighted by Gasteiger charge is -2.17. The van der Waals surface area contributed by atoms with E-state index in [4.69, 9.17) is 4.74 Å². The minimum absolute atomic E-state index is 0.339. The Morgan fingerprint density at radius 3 is 2.60 bits per heavy atom. The van der Waals surface area contributed by atoms with Crippen molar-refractivity contribution in [1.29, 1.82) is 0 Å². The van der Waals surface area contributed by atoms with Crippen LogP contribution in [0.25, 0.3) is 0 Å². The highest BCUT2D eigenvalue weighted by molar-refractivity contribution is 9.10. The Hall–Kier alpha value is -0.540. The summed E-state index contributed by atoms with van der Waals surface area (Å²) < 4.78 is 7.06. The molecule has 0 aliphatic carbocycles. The molecular formula is C17H28BrNO. The molecule has 1 rings (SSSR count). The summed E-state index contributed by atoms with van der Waals surface area (Å²) in [4.78, 5) is 0. The van der Waals surface area contributed by atoms with E-state index in [9.17, 15) is 0 Å². The first kappa shape index (κ1) is 17.5. The van der Waals surface area contributed by atoms with Crippen LogP contribution in [-0.2, 0) is 0 Å². The molecule has 0 aromatic heterocycles. The molecule has 0 radical (unpaired) electrons. The summed E-state index contributed by atoms with van der Waals surface area (Å²) >= 11 is 3.63. The van der Waals surface area contributed by atoms with Crippen molar-refractivity contribution < 1.29 is 4.74 Å². The molecule has 114 valence electrons. The van der Waals surface area contributed by atoms with E-state index in [1.54, 1.807) is 0 Å². The summed E-state index contributed by atoms with van der Waals surface area (Å²) in [5.74, 6) is 1.63. The molecule has 0 amide bonds. The van der Waals surface area contributed by atoms with Gasteiger partial charge < -0.3 is 10.1 Å². The van der Waals surface area contributed by atoms with Gasteiger partial charge in [-0.3, -0.25) is 0 Å². The number of unbranched alkanes of at least 4 members (excludes halogenated alkanes) is 1. The minimum Gasteiger partial charge on any atom is -0.493 e. The van der Waals surface area contributed by atoms with E-state index in [0.29, 0.717) is 12.0 Å². The Bertz CT molecular complexity index is 395. The molecule has 0 aliphatic rings. The quantitative estimate of drug-likeness (QED) is 0.655. The zero-order valence-electron chi connectivity index (χ0n) is 13.2. The highest BCUT2D eigenvalue weighted by Gasteiger charge is 2.10. The molecule has 0 spiro atoms. The second kappa shape index (κ2) is 9.41. The van der Waals surface area contributed by atoms with Crippen molar-refractivity contribution >= 4 is 15.9 Å². The predicted molar refractivity (Wildman–Crippen MR) is 90.4 cm³/mol. The van der Waals surface area contributed by atoms with Crippen LogP contribution in [0.4, 0.5) is 0 Å². The number of benzene rings is 1. The van der Waals surface area contributed by atoms with E-state index in [2.05, 4.69) is 60.2 Å². The van der Waals surface area contributed by atoms with E-state index in [-0.39, 0.29) is 0 Å². The molecule has 0 fully saturated rings. The molecule has 1 aromatic rings. The van der Waals surface area contributed by atoms with E-state index >= 15 is 0 Å². The Morgan fingerprint density at radius 2 is 2.05 bits per heavy atom. The molecule has 2 nitrogen and oxygen atoms in total. The highest BCUT2D eigenvalue weighted by Crippen LogP contribution is 2.28. The second-order valence-electron chi connectivity index (χ2n) is 5.42. The number of nitrogens with one attached hydrogen (secondary N) is 1. The third-order valence-corrected chi connectivity index (χ3v) is 4.59. The van der Waals surface area contributed by atoms with Gasteiger partial charge in [0.05, 0.1) is 6.61 Å². The largest absolute Gasteiger partial charge is 0.493 e. The first-order chi connectivity index (χ1) is 9.62. The van der Waals surface area contributed by atoms with Crippen LogP contribution in [0.2, 0.25) is 0 Å². The molecule has 0 saturated heterocycles. The second-order valence-corrected chi connectivity index (χ2v) is 6.28. The van der Waals surface area contributed by atoms with Gasteiger partial charge in [0.25, 0.3) is 0 Å². The van der Waals surface area contributed by atoms with Gasteiger partial charge in [0.2, 0.25) is 0 Å². The third kappa shape index (κ3) is 5.45. The molecule has 0 aliphatic heterocycles. The van der Waals surface area contributed by atoms with E-state index < -0.39 is 0 Å². The normalized spacial score (nSPS) is 14.1. The molecule has 1 N–H and O–H groups in total. The summed E-state index contributed by atoms with van der Waals surface area (Å²) in [6.45, 7) is 7.46. The zero-order chi connectivity index (χ0) is 15.0. The first-order valence-electron chi connectivity index (χ1n) is 7.71. The summed E-state index contributed by atoms with van der Waals surface area (Å²) in [7, 11) is 1.97. The first-order valence-corrected chi connectivity index (χ1v) is 8.51. The van der Waals surface area contributed by atoms with Gasteiger partial charge in [0.15, 0.2) is 0 Å². The summed E-state index contributed by atoms with van der Waals surface area (Å²) in [6, 6.07) is 6.62. The maximum atomic E-state index is 5.95. The van der Waals surface area contributed by atoms with Crippen molar-refractivity contribution in [3.05, 3.63) is 28.2 Å². The van der Waals surface area contributed by atoms with Crippen LogP contribution < -0.4 is 10.1 Å². The van der Waals surface area contributed by atoms with Crippen LogP contribution in [-0.4, -0.2) is 13.7 Å². The van der Waals surface area contributed by atoms with Crippen molar-refractivity contribution in [3.63, 3.8) is 0 Å². The van der Waals surface area contributed by atoms with Crippen molar-refractivity contribution in [1.82, 2.24) is 5.32 Å². The lowest BCUT2D eigenvalue weighted by Crippen LogP contribution is -2.13. The van der Waals surface area contributed by atoms with E-state index in [1.807, 2.05) is 7.05 Å². The summed E-state index contributed by atoms with van der Waals surface area (Å²) in [6.07, 6.45) is 5.02. The number of rotatable bonds is 9. The summed E-state index contributed by atoms with van der Waals surface area (Å²) in [5, 5.41) is 3.25. The fourth-order valence-electron chi connectivity index (χ4n) is 2.22.